The third-order valence-corrected chi connectivity index (χ3v) is 1.94. The molecule has 0 fully saturated rings. The Morgan fingerprint density at radius 1 is 1.12 bits per heavy atom. The number of carboxylic acid groups (broad SMARTS) is 3. The molecule has 0 aromatic heterocycles. The van der Waals surface area contributed by atoms with Crippen LogP contribution in [0.3, 0.4) is 0 Å². The molecule has 0 aliphatic heterocycles. The quantitative estimate of drug-likeness (QED) is 0.329. The summed E-state index contributed by atoms with van der Waals surface area (Å²) in [5, 5.41) is 28.1. The van der Waals surface area contributed by atoms with E-state index < -0.39 is 36.4 Å². The summed E-state index contributed by atoms with van der Waals surface area (Å²) in [6.45, 7) is -0.610. The molecule has 16 heavy (non-hydrogen) atoms. The van der Waals surface area contributed by atoms with E-state index in [2.05, 4.69) is 5.32 Å². The topological polar surface area (TPSA) is 150 Å². The minimum absolute atomic E-state index is 0.00942. The van der Waals surface area contributed by atoms with Crippen LogP contribution in [-0.4, -0.2) is 52.4 Å². The minimum Gasteiger partial charge on any atom is -0.481 e. The highest BCUT2D eigenvalue weighted by molar-refractivity contribution is 5.83. The van der Waals surface area contributed by atoms with Crippen LogP contribution in [0.4, 0.5) is 0 Å². The molecular weight excluding hydrogens is 220 g/mol. The summed E-state index contributed by atoms with van der Waals surface area (Å²) in [5.74, 6) is -5.25. The summed E-state index contributed by atoms with van der Waals surface area (Å²) in [6.07, 6.45) is -0.0427. The van der Waals surface area contributed by atoms with Crippen LogP contribution in [-0.2, 0) is 14.4 Å². The first kappa shape index (κ1) is 14.3. The molecular formula is C8H14N2O6. The van der Waals surface area contributed by atoms with E-state index in [4.69, 9.17) is 21.1 Å². The average Bonchev–Trinajstić information content (AvgIpc) is 2.15. The van der Waals surface area contributed by atoms with E-state index in [1.165, 1.54) is 0 Å². The molecule has 0 rings (SSSR count). The Bertz CT molecular complexity index is 280. The fourth-order valence-electron chi connectivity index (χ4n) is 1.21. The van der Waals surface area contributed by atoms with Gasteiger partial charge in [0, 0.05) is 0 Å². The predicted molar refractivity (Wildman–Crippen MR) is 51.9 cm³/mol. The van der Waals surface area contributed by atoms with Gasteiger partial charge in [-0.3, -0.25) is 19.7 Å². The standard InChI is InChI=1S/C8H14N2O6/c9-2-1-4(7(13)14)6(8(15)16)10-3-5(11)12/h4,6,10H,1-3,9H2,(H,11,12)(H,13,14)(H,15,16). The lowest BCUT2D eigenvalue weighted by Gasteiger charge is -2.20. The second-order valence-corrected chi connectivity index (χ2v) is 3.11. The summed E-state index contributed by atoms with van der Waals surface area (Å²) < 4.78 is 0. The normalized spacial score (nSPS) is 14.1. The van der Waals surface area contributed by atoms with Gasteiger partial charge < -0.3 is 21.1 Å². The summed E-state index contributed by atoms with van der Waals surface area (Å²) in [7, 11) is 0. The molecule has 0 bridgehead atoms. The first-order valence-electron chi connectivity index (χ1n) is 4.51. The smallest absolute Gasteiger partial charge is 0.321 e. The number of carbonyl (C=O) groups is 3. The van der Waals surface area contributed by atoms with Crippen LogP contribution in [0.1, 0.15) is 6.42 Å². The van der Waals surface area contributed by atoms with Crippen molar-refractivity contribution >= 4 is 17.9 Å². The molecule has 0 aromatic carbocycles. The Kier molecular flexibility index (Phi) is 6.04. The third-order valence-electron chi connectivity index (χ3n) is 1.94. The van der Waals surface area contributed by atoms with Gasteiger partial charge in [0.2, 0.25) is 0 Å². The molecule has 0 aliphatic carbocycles. The highest BCUT2D eigenvalue weighted by Gasteiger charge is 2.33. The maximum absolute atomic E-state index is 10.8. The van der Waals surface area contributed by atoms with Gasteiger partial charge in [-0.1, -0.05) is 0 Å². The van der Waals surface area contributed by atoms with E-state index in [0.29, 0.717) is 0 Å². The van der Waals surface area contributed by atoms with Gasteiger partial charge in [0.25, 0.3) is 0 Å². The zero-order valence-electron chi connectivity index (χ0n) is 8.42. The Morgan fingerprint density at radius 3 is 2.00 bits per heavy atom. The largest absolute Gasteiger partial charge is 0.481 e. The van der Waals surface area contributed by atoms with Crippen molar-refractivity contribution in [2.75, 3.05) is 13.1 Å². The molecule has 0 radical (unpaired) electrons. The van der Waals surface area contributed by atoms with Gasteiger partial charge in [0.1, 0.15) is 6.04 Å². The predicted octanol–water partition coefficient (Wildman–Crippen LogP) is -1.84. The Morgan fingerprint density at radius 2 is 1.69 bits per heavy atom. The molecule has 2 atom stereocenters. The van der Waals surface area contributed by atoms with E-state index in [0.717, 1.165) is 0 Å². The summed E-state index contributed by atoms with van der Waals surface area (Å²) in [6, 6.07) is -1.46. The summed E-state index contributed by atoms with van der Waals surface area (Å²) >= 11 is 0. The summed E-state index contributed by atoms with van der Waals surface area (Å²) in [4.78, 5) is 31.8. The fraction of sp³-hybridized carbons (Fsp3) is 0.625. The van der Waals surface area contributed by atoms with E-state index in [9.17, 15) is 14.4 Å². The fourth-order valence-corrected chi connectivity index (χ4v) is 1.21. The lowest BCUT2D eigenvalue weighted by molar-refractivity contribution is -0.151. The summed E-state index contributed by atoms with van der Waals surface area (Å²) in [5.41, 5.74) is 5.16. The van der Waals surface area contributed by atoms with Crippen LogP contribution in [0.2, 0.25) is 0 Å². The first-order chi connectivity index (χ1) is 7.40. The highest BCUT2D eigenvalue weighted by atomic mass is 16.4. The number of hydrogen-bond donors (Lipinski definition) is 5. The Balaban J connectivity index is 4.64. The van der Waals surface area contributed by atoms with Crippen LogP contribution >= 0.6 is 0 Å². The van der Waals surface area contributed by atoms with Crippen LogP contribution in [0.5, 0.6) is 0 Å². The maximum atomic E-state index is 10.8. The molecule has 0 saturated heterocycles. The van der Waals surface area contributed by atoms with Crippen molar-refractivity contribution in [1.29, 1.82) is 0 Å². The number of nitrogens with two attached hydrogens (primary N) is 1. The van der Waals surface area contributed by atoms with E-state index in [1.807, 2.05) is 0 Å². The monoisotopic (exact) mass is 234 g/mol. The highest BCUT2D eigenvalue weighted by Crippen LogP contribution is 2.09. The second kappa shape index (κ2) is 6.75. The van der Waals surface area contributed by atoms with Crippen LogP contribution in [0.25, 0.3) is 0 Å². The van der Waals surface area contributed by atoms with Gasteiger partial charge in [0.15, 0.2) is 0 Å². The van der Waals surface area contributed by atoms with Crippen molar-refractivity contribution in [3.63, 3.8) is 0 Å². The molecule has 0 spiro atoms. The van der Waals surface area contributed by atoms with Crippen molar-refractivity contribution in [1.82, 2.24) is 5.32 Å². The SMILES string of the molecule is NCCC(C(=O)O)C(NCC(=O)O)C(=O)O. The molecule has 0 saturated carbocycles. The zero-order valence-corrected chi connectivity index (χ0v) is 8.42. The number of hydrogen-bond acceptors (Lipinski definition) is 5. The van der Waals surface area contributed by atoms with Gasteiger partial charge in [-0.15, -0.1) is 0 Å². The van der Waals surface area contributed by atoms with Crippen molar-refractivity contribution in [2.24, 2.45) is 11.7 Å². The van der Waals surface area contributed by atoms with Gasteiger partial charge in [-0.05, 0) is 13.0 Å². The molecule has 0 aromatic rings. The molecule has 8 heteroatoms. The van der Waals surface area contributed by atoms with Crippen molar-refractivity contribution < 1.29 is 29.7 Å². The molecule has 0 heterocycles. The molecule has 8 nitrogen and oxygen atoms in total. The molecule has 6 N–H and O–H groups in total. The van der Waals surface area contributed by atoms with E-state index in [1.54, 1.807) is 0 Å². The Hall–Kier alpha value is -1.67. The van der Waals surface area contributed by atoms with Crippen molar-refractivity contribution in [2.45, 2.75) is 12.5 Å². The molecule has 92 valence electrons. The first-order valence-corrected chi connectivity index (χ1v) is 4.51. The lowest BCUT2D eigenvalue weighted by Crippen LogP contribution is -2.48. The Labute approximate surface area is 91.1 Å². The van der Waals surface area contributed by atoms with Crippen LogP contribution < -0.4 is 11.1 Å². The van der Waals surface area contributed by atoms with Gasteiger partial charge in [0.05, 0.1) is 12.5 Å². The number of rotatable bonds is 8. The third kappa shape index (κ3) is 4.71. The molecule has 2 unspecified atom stereocenters. The van der Waals surface area contributed by atoms with Crippen LogP contribution in [0.15, 0.2) is 0 Å². The van der Waals surface area contributed by atoms with Crippen molar-refractivity contribution in [3.8, 4) is 0 Å². The average molecular weight is 234 g/mol. The van der Waals surface area contributed by atoms with Crippen molar-refractivity contribution in [3.05, 3.63) is 0 Å². The lowest BCUT2D eigenvalue weighted by atomic mass is 9.96. The zero-order chi connectivity index (χ0) is 12.7. The van der Waals surface area contributed by atoms with Gasteiger partial charge >= 0.3 is 17.9 Å². The maximum Gasteiger partial charge on any atom is 0.321 e. The number of nitrogens with one attached hydrogen (secondary N) is 1. The van der Waals surface area contributed by atoms with E-state index >= 15 is 0 Å². The molecule has 0 amide bonds. The second-order valence-electron chi connectivity index (χ2n) is 3.11. The molecule has 0 aliphatic rings. The van der Waals surface area contributed by atoms with Gasteiger partial charge in [-0.25, -0.2) is 0 Å². The minimum atomic E-state index is -1.46. The van der Waals surface area contributed by atoms with E-state index in [-0.39, 0.29) is 13.0 Å². The number of aliphatic carboxylic acids is 3. The van der Waals surface area contributed by atoms with Crippen LogP contribution in [0, 0.1) is 5.92 Å². The van der Waals surface area contributed by atoms with Gasteiger partial charge in [-0.2, -0.15) is 0 Å². The number of carboxylic acids is 3.